The Morgan fingerprint density at radius 1 is 1.11 bits per heavy atom. The molecule has 1 aliphatic rings. The molecule has 27 heavy (non-hydrogen) atoms. The van der Waals surface area contributed by atoms with Crippen LogP contribution < -0.4 is 0 Å². The molecule has 0 saturated carbocycles. The van der Waals surface area contributed by atoms with Crippen molar-refractivity contribution in [2.75, 3.05) is 0 Å². The van der Waals surface area contributed by atoms with Crippen molar-refractivity contribution in [2.45, 2.75) is 72.3 Å². The van der Waals surface area contributed by atoms with Crippen molar-refractivity contribution in [3.63, 3.8) is 0 Å². The Morgan fingerprint density at radius 3 is 2.37 bits per heavy atom. The number of benzene rings is 1. The van der Waals surface area contributed by atoms with Gasteiger partial charge in [0.05, 0.1) is 0 Å². The summed E-state index contributed by atoms with van der Waals surface area (Å²) < 4.78 is 5.44. The number of esters is 1. The molecule has 150 valence electrons. The van der Waals surface area contributed by atoms with Gasteiger partial charge in [-0.3, -0.25) is 4.79 Å². The van der Waals surface area contributed by atoms with Gasteiger partial charge in [-0.25, -0.2) is 0 Å². The first-order valence-corrected chi connectivity index (χ1v) is 10.5. The third-order valence-electron chi connectivity index (χ3n) is 6.51. The normalized spacial score (nSPS) is 27.1. The van der Waals surface area contributed by atoms with Gasteiger partial charge in [0.1, 0.15) is 11.9 Å². The minimum absolute atomic E-state index is 0.0834. The van der Waals surface area contributed by atoms with Crippen molar-refractivity contribution in [3.05, 3.63) is 42.0 Å². The van der Waals surface area contributed by atoms with Gasteiger partial charge in [0.2, 0.25) is 0 Å². The number of carbonyl (C=O) groups excluding carboxylic acids is 1. The molecule has 6 atom stereocenters. The SMILES string of the molecule is CCC(CCCC(C)C1C=CC(OC(C)=O)C(C)C1C)c1ccc(O)cc1. The van der Waals surface area contributed by atoms with Crippen LogP contribution in [-0.4, -0.2) is 17.2 Å². The fourth-order valence-electron chi connectivity index (χ4n) is 4.52. The Bertz CT molecular complexity index is 619. The monoisotopic (exact) mass is 372 g/mol. The van der Waals surface area contributed by atoms with Gasteiger partial charge in [-0.15, -0.1) is 0 Å². The second-order valence-electron chi connectivity index (χ2n) is 8.36. The molecular weight excluding hydrogens is 336 g/mol. The molecule has 0 saturated heterocycles. The van der Waals surface area contributed by atoms with E-state index in [0.29, 0.717) is 35.3 Å². The first kappa shape index (κ1) is 21.5. The molecule has 1 aliphatic carbocycles. The number of phenolic OH excluding ortho intramolecular Hbond substituents is 1. The number of phenols is 1. The maximum absolute atomic E-state index is 11.3. The fraction of sp³-hybridized carbons (Fsp3) is 0.625. The molecule has 3 nitrogen and oxygen atoms in total. The molecule has 0 bridgehead atoms. The van der Waals surface area contributed by atoms with Gasteiger partial charge in [-0.1, -0.05) is 58.7 Å². The van der Waals surface area contributed by atoms with E-state index in [2.05, 4.69) is 52.0 Å². The summed E-state index contributed by atoms with van der Waals surface area (Å²) in [7, 11) is 0. The fourth-order valence-corrected chi connectivity index (χ4v) is 4.52. The Labute approximate surface area is 164 Å². The van der Waals surface area contributed by atoms with E-state index in [0.717, 1.165) is 6.42 Å². The summed E-state index contributed by atoms with van der Waals surface area (Å²) in [6.45, 7) is 10.6. The van der Waals surface area contributed by atoms with Crippen LogP contribution in [0.3, 0.4) is 0 Å². The van der Waals surface area contributed by atoms with Crippen LogP contribution in [0.1, 0.15) is 71.8 Å². The summed E-state index contributed by atoms with van der Waals surface area (Å²) in [4.78, 5) is 11.3. The van der Waals surface area contributed by atoms with Gasteiger partial charge in [0.25, 0.3) is 0 Å². The van der Waals surface area contributed by atoms with Crippen LogP contribution in [0.2, 0.25) is 0 Å². The van der Waals surface area contributed by atoms with E-state index in [-0.39, 0.29) is 12.1 Å². The molecule has 0 radical (unpaired) electrons. The van der Waals surface area contributed by atoms with Crippen LogP contribution in [0.25, 0.3) is 0 Å². The molecule has 1 aromatic carbocycles. The summed E-state index contributed by atoms with van der Waals surface area (Å²) in [6, 6.07) is 7.68. The maximum Gasteiger partial charge on any atom is 0.303 e. The molecule has 0 spiro atoms. The average Bonchev–Trinajstić information content (AvgIpc) is 2.63. The van der Waals surface area contributed by atoms with E-state index in [4.69, 9.17) is 4.74 Å². The molecule has 6 unspecified atom stereocenters. The van der Waals surface area contributed by atoms with Crippen LogP contribution in [0.5, 0.6) is 5.75 Å². The van der Waals surface area contributed by atoms with Crippen molar-refractivity contribution in [1.29, 1.82) is 0 Å². The highest BCUT2D eigenvalue weighted by Crippen LogP contribution is 2.38. The lowest BCUT2D eigenvalue weighted by atomic mass is 9.70. The zero-order chi connectivity index (χ0) is 20.0. The third-order valence-corrected chi connectivity index (χ3v) is 6.51. The zero-order valence-electron chi connectivity index (χ0n) is 17.5. The molecule has 1 N–H and O–H groups in total. The highest BCUT2D eigenvalue weighted by atomic mass is 16.5. The molecule has 3 heteroatoms. The van der Waals surface area contributed by atoms with Gasteiger partial charge in [0, 0.05) is 6.92 Å². The molecule has 0 fully saturated rings. The first-order valence-electron chi connectivity index (χ1n) is 10.5. The smallest absolute Gasteiger partial charge is 0.303 e. The quantitative estimate of drug-likeness (QED) is 0.444. The maximum atomic E-state index is 11.3. The van der Waals surface area contributed by atoms with Crippen molar-refractivity contribution in [1.82, 2.24) is 0 Å². The van der Waals surface area contributed by atoms with Gasteiger partial charge in [-0.2, -0.15) is 0 Å². The number of ether oxygens (including phenoxy) is 1. The Hall–Kier alpha value is -1.77. The van der Waals surface area contributed by atoms with Gasteiger partial charge in [-0.05, 0) is 66.2 Å². The van der Waals surface area contributed by atoms with Crippen LogP contribution in [-0.2, 0) is 9.53 Å². The first-order chi connectivity index (χ1) is 12.8. The Kier molecular flexibility index (Phi) is 7.94. The van der Waals surface area contributed by atoms with E-state index in [9.17, 15) is 9.90 Å². The Morgan fingerprint density at radius 2 is 1.78 bits per heavy atom. The standard InChI is InChI=1S/C24H36O3/c1-6-20(21-10-12-22(26)13-11-21)9-7-8-16(2)23-14-15-24(27-19(5)25)18(4)17(23)3/h10-18,20,23-24,26H,6-9H2,1-5H3. The van der Waals surface area contributed by atoms with Gasteiger partial charge in [0.15, 0.2) is 0 Å². The zero-order valence-corrected chi connectivity index (χ0v) is 17.5. The molecule has 1 aromatic rings. The van der Waals surface area contributed by atoms with E-state index in [1.807, 2.05) is 0 Å². The number of aromatic hydroxyl groups is 1. The van der Waals surface area contributed by atoms with Crippen molar-refractivity contribution >= 4 is 5.97 Å². The van der Waals surface area contributed by atoms with Crippen molar-refractivity contribution in [2.24, 2.45) is 23.7 Å². The van der Waals surface area contributed by atoms with Crippen LogP contribution in [0, 0.1) is 23.7 Å². The number of allylic oxidation sites excluding steroid dienone is 1. The van der Waals surface area contributed by atoms with Gasteiger partial charge >= 0.3 is 5.97 Å². The summed E-state index contributed by atoms with van der Waals surface area (Å²) in [5.74, 6) is 2.72. The number of carbonyl (C=O) groups is 1. The number of hydrogen-bond acceptors (Lipinski definition) is 3. The topological polar surface area (TPSA) is 46.5 Å². The van der Waals surface area contributed by atoms with E-state index >= 15 is 0 Å². The number of hydrogen-bond donors (Lipinski definition) is 1. The van der Waals surface area contributed by atoms with Crippen LogP contribution in [0.15, 0.2) is 36.4 Å². The van der Waals surface area contributed by atoms with Crippen molar-refractivity contribution < 1.29 is 14.6 Å². The highest BCUT2D eigenvalue weighted by Gasteiger charge is 2.34. The summed E-state index contributed by atoms with van der Waals surface area (Å²) >= 11 is 0. The van der Waals surface area contributed by atoms with Gasteiger partial charge < -0.3 is 9.84 Å². The number of rotatable bonds is 8. The second kappa shape index (κ2) is 9.96. The van der Waals surface area contributed by atoms with E-state index in [1.165, 1.54) is 31.7 Å². The minimum Gasteiger partial charge on any atom is -0.508 e. The minimum atomic E-state index is -0.199. The summed E-state index contributed by atoms with van der Waals surface area (Å²) in [5.41, 5.74) is 1.33. The average molecular weight is 373 g/mol. The van der Waals surface area contributed by atoms with Crippen LogP contribution in [0.4, 0.5) is 0 Å². The molecule has 0 amide bonds. The lowest BCUT2D eigenvalue weighted by molar-refractivity contribution is -0.147. The molecule has 0 heterocycles. The molecule has 0 aliphatic heterocycles. The lowest BCUT2D eigenvalue weighted by Gasteiger charge is -2.38. The summed E-state index contributed by atoms with van der Waals surface area (Å²) in [6.07, 6.45) is 9.01. The summed E-state index contributed by atoms with van der Waals surface area (Å²) in [5, 5.41) is 9.48. The molecular formula is C24H36O3. The largest absolute Gasteiger partial charge is 0.508 e. The molecule has 0 aromatic heterocycles. The van der Waals surface area contributed by atoms with E-state index in [1.54, 1.807) is 12.1 Å². The Balaban J connectivity index is 1.88. The van der Waals surface area contributed by atoms with Crippen LogP contribution >= 0.6 is 0 Å². The van der Waals surface area contributed by atoms with Crippen molar-refractivity contribution in [3.8, 4) is 5.75 Å². The lowest BCUT2D eigenvalue weighted by Crippen LogP contribution is -2.36. The third kappa shape index (κ3) is 5.85. The highest BCUT2D eigenvalue weighted by molar-refractivity contribution is 5.66. The van der Waals surface area contributed by atoms with E-state index < -0.39 is 0 Å². The second-order valence-corrected chi connectivity index (χ2v) is 8.36. The predicted octanol–water partition coefficient (Wildman–Crippen LogP) is 6.08. The predicted molar refractivity (Wildman–Crippen MR) is 111 cm³/mol. The molecule has 2 rings (SSSR count).